The molecule has 4 nitrogen and oxygen atoms in total. The maximum absolute atomic E-state index is 13.0. The first-order valence-electron chi connectivity index (χ1n) is 5.47. The highest BCUT2D eigenvalue weighted by Crippen LogP contribution is 2.16. The largest absolute Gasteiger partial charge is 0.398 e. The zero-order chi connectivity index (χ0) is 13.8. The van der Waals surface area contributed by atoms with Gasteiger partial charge in [-0.1, -0.05) is 0 Å². The van der Waals surface area contributed by atoms with Crippen LogP contribution in [0, 0.1) is 11.6 Å². The zero-order valence-electron chi connectivity index (χ0n) is 9.82. The van der Waals surface area contributed by atoms with Gasteiger partial charge in [0.25, 0.3) is 5.91 Å². The molecule has 3 N–H and O–H groups in total. The predicted molar refractivity (Wildman–Crippen MR) is 68.9 cm³/mol. The second kappa shape index (κ2) is 5.75. The molecule has 1 aromatic heterocycles. The fourth-order valence-corrected chi connectivity index (χ4v) is 2.11. The third kappa shape index (κ3) is 3.25. The van der Waals surface area contributed by atoms with Gasteiger partial charge in [0.15, 0.2) is 11.6 Å². The van der Waals surface area contributed by atoms with Crippen LogP contribution in [-0.4, -0.2) is 17.4 Å². The number of hydrogen-bond acceptors (Lipinski definition) is 4. The number of rotatable bonds is 4. The summed E-state index contributed by atoms with van der Waals surface area (Å²) in [5, 5.41) is 4.45. The highest BCUT2D eigenvalue weighted by atomic mass is 32.1. The van der Waals surface area contributed by atoms with Crippen LogP contribution in [0.1, 0.15) is 16.1 Å². The molecule has 0 saturated carbocycles. The van der Waals surface area contributed by atoms with E-state index < -0.39 is 17.5 Å². The van der Waals surface area contributed by atoms with E-state index >= 15 is 0 Å². The van der Waals surface area contributed by atoms with Gasteiger partial charge in [0.05, 0.1) is 16.8 Å². The number of nitrogens with zero attached hydrogens (tertiary/aromatic N) is 1. The summed E-state index contributed by atoms with van der Waals surface area (Å²) >= 11 is 1.47. The lowest BCUT2D eigenvalue weighted by atomic mass is 10.1. The van der Waals surface area contributed by atoms with Gasteiger partial charge in [-0.2, -0.15) is 0 Å². The highest BCUT2D eigenvalue weighted by molar-refractivity contribution is 7.07. The first-order valence-corrected chi connectivity index (χ1v) is 6.42. The number of anilines is 1. The van der Waals surface area contributed by atoms with Crippen molar-refractivity contribution in [1.29, 1.82) is 0 Å². The Kier molecular flexibility index (Phi) is 4.06. The Morgan fingerprint density at radius 2 is 2.11 bits per heavy atom. The van der Waals surface area contributed by atoms with Crippen molar-refractivity contribution < 1.29 is 13.6 Å². The van der Waals surface area contributed by atoms with Gasteiger partial charge < -0.3 is 11.1 Å². The van der Waals surface area contributed by atoms with E-state index in [0.29, 0.717) is 13.0 Å². The fourth-order valence-electron chi connectivity index (χ4n) is 1.52. The molecule has 1 amide bonds. The van der Waals surface area contributed by atoms with Crippen LogP contribution in [0.5, 0.6) is 0 Å². The Labute approximate surface area is 112 Å². The van der Waals surface area contributed by atoms with Crippen LogP contribution < -0.4 is 11.1 Å². The van der Waals surface area contributed by atoms with Crippen molar-refractivity contribution in [1.82, 2.24) is 10.3 Å². The molecule has 0 aliphatic carbocycles. The quantitative estimate of drug-likeness (QED) is 0.843. The van der Waals surface area contributed by atoms with Gasteiger partial charge in [-0.25, -0.2) is 13.8 Å². The molecule has 7 heteroatoms. The molecule has 1 aromatic carbocycles. The normalized spacial score (nSPS) is 10.4. The Morgan fingerprint density at radius 3 is 2.79 bits per heavy atom. The van der Waals surface area contributed by atoms with Crippen molar-refractivity contribution in [2.45, 2.75) is 6.42 Å². The van der Waals surface area contributed by atoms with Gasteiger partial charge in [-0.3, -0.25) is 4.79 Å². The van der Waals surface area contributed by atoms with E-state index in [1.807, 2.05) is 5.38 Å². The lowest BCUT2D eigenvalue weighted by Crippen LogP contribution is -2.26. The van der Waals surface area contributed by atoms with Crippen LogP contribution in [0.4, 0.5) is 14.5 Å². The molecule has 2 rings (SSSR count). The number of hydrogen-bond donors (Lipinski definition) is 2. The minimum atomic E-state index is -1.10. The molecule has 0 unspecified atom stereocenters. The van der Waals surface area contributed by atoms with E-state index in [0.717, 1.165) is 17.8 Å². The average molecular weight is 283 g/mol. The predicted octanol–water partition coefficient (Wildman–Crippen LogP) is 1.98. The number of carbonyl (C=O) groups excluding carboxylic acids is 1. The highest BCUT2D eigenvalue weighted by Gasteiger charge is 2.13. The SMILES string of the molecule is Nc1cc(F)c(F)cc1C(=O)NCCc1cscn1. The third-order valence-corrected chi connectivity index (χ3v) is 3.12. The van der Waals surface area contributed by atoms with Crippen molar-refractivity contribution in [3.8, 4) is 0 Å². The first-order chi connectivity index (χ1) is 9.08. The van der Waals surface area contributed by atoms with E-state index in [1.54, 1.807) is 5.51 Å². The molecule has 0 atom stereocenters. The number of nitrogens with two attached hydrogens (primary N) is 1. The van der Waals surface area contributed by atoms with E-state index in [1.165, 1.54) is 11.3 Å². The summed E-state index contributed by atoms with van der Waals surface area (Å²) in [6.45, 7) is 0.348. The fraction of sp³-hybridized carbons (Fsp3) is 0.167. The van der Waals surface area contributed by atoms with Crippen LogP contribution >= 0.6 is 11.3 Å². The van der Waals surface area contributed by atoms with Crippen LogP contribution in [0.15, 0.2) is 23.0 Å². The van der Waals surface area contributed by atoms with Crippen LogP contribution in [0.2, 0.25) is 0 Å². The van der Waals surface area contributed by atoms with Crippen LogP contribution in [0.3, 0.4) is 0 Å². The van der Waals surface area contributed by atoms with Gasteiger partial charge >= 0.3 is 0 Å². The van der Waals surface area contributed by atoms with Crippen molar-refractivity contribution in [2.24, 2.45) is 0 Å². The smallest absolute Gasteiger partial charge is 0.253 e. The standard InChI is InChI=1S/C12H11F2N3OS/c13-9-3-8(11(15)4-10(9)14)12(18)16-2-1-7-5-19-6-17-7/h3-6H,1-2,15H2,(H,16,18). The molecule has 0 radical (unpaired) electrons. The number of amides is 1. The maximum Gasteiger partial charge on any atom is 0.253 e. The third-order valence-electron chi connectivity index (χ3n) is 2.49. The molecule has 0 saturated heterocycles. The summed E-state index contributed by atoms with van der Waals surface area (Å²) in [6, 6.07) is 1.59. The molecular formula is C12H11F2N3OS. The Morgan fingerprint density at radius 1 is 1.37 bits per heavy atom. The summed E-state index contributed by atoms with van der Waals surface area (Å²) in [5.74, 6) is -2.71. The number of thiazole rings is 1. The molecule has 0 spiro atoms. The molecule has 0 aliphatic rings. The van der Waals surface area contributed by atoms with Crippen LogP contribution in [0.25, 0.3) is 0 Å². The van der Waals surface area contributed by atoms with Crippen molar-refractivity contribution in [3.05, 3.63) is 45.9 Å². The maximum atomic E-state index is 13.0. The molecule has 100 valence electrons. The molecular weight excluding hydrogens is 272 g/mol. The summed E-state index contributed by atoms with van der Waals surface area (Å²) < 4.78 is 25.9. The summed E-state index contributed by atoms with van der Waals surface area (Å²) in [5.41, 5.74) is 7.88. The molecule has 19 heavy (non-hydrogen) atoms. The molecule has 0 aliphatic heterocycles. The Balaban J connectivity index is 1.98. The number of halogens is 2. The topological polar surface area (TPSA) is 68.0 Å². The summed E-state index contributed by atoms with van der Waals surface area (Å²) in [4.78, 5) is 15.8. The van der Waals surface area contributed by atoms with Gasteiger partial charge in [0.2, 0.25) is 0 Å². The lowest BCUT2D eigenvalue weighted by molar-refractivity contribution is 0.0954. The van der Waals surface area contributed by atoms with Crippen molar-refractivity contribution in [3.63, 3.8) is 0 Å². The molecule has 2 aromatic rings. The second-order valence-electron chi connectivity index (χ2n) is 3.84. The lowest BCUT2D eigenvalue weighted by Gasteiger charge is -2.07. The number of carbonyl (C=O) groups is 1. The minimum absolute atomic E-state index is 0.0721. The van der Waals surface area contributed by atoms with E-state index in [-0.39, 0.29) is 11.3 Å². The van der Waals surface area contributed by atoms with Crippen molar-refractivity contribution in [2.75, 3.05) is 12.3 Å². The zero-order valence-corrected chi connectivity index (χ0v) is 10.6. The van der Waals surface area contributed by atoms with Crippen LogP contribution in [-0.2, 0) is 6.42 Å². The van der Waals surface area contributed by atoms with Gasteiger partial charge in [-0.15, -0.1) is 11.3 Å². The van der Waals surface area contributed by atoms with E-state index in [9.17, 15) is 13.6 Å². The van der Waals surface area contributed by atoms with E-state index in [4.69, 9.17) is 5.73 Å². The monoisotopic (exact) mass is 283 g/mol. The van der Waals surface area contributed by atoms with Gasteiger partial charge in [0.1, 0.15) is 0 Å². The molecule has 0 bridgehead atoms. The number of benzene rings is 1. The average Bonchev–Trinajstić information content (AvgIpc) is 2.86. The van der Waals surface area contributed by atoms with Gasteiger partial charge in [0, 0.05) is 30.1 Å². The second-order valence-corrected chi connectivity index (χ2v) is 4.56. The number of nitrogens with one attached hydrogen (secondary N) is 1. The molecule has 1 heterocycles. The van der Waals surface area contributed by atoms with Crippen molar-refractivity contribution >= 4 is 22.9 Å². The van der Waals surface area contributed by atoms with E-state index in [2.05, 4.69) is 10.3 Å². The van der Waals surface area contributed by atoms with Gasteiger partial charge in [-0.05, 0) is 6.07 Å². The minimum Gasteiger partial charge on any atom is -0.398 e. The Hall–Kier alpha value is -2.02. The summed E-state index contributed by atoms with van der Waals surface area (Å²) in [7, 11) is 0. The first kappa shape index (κ1) is 13.4. The number of nitrogen functional groups attached to an aromatic ring is 1. The number of aromatic nitrogens is 1. The summed E-state index contributed by atoms with van der Waals surface area (Å²) in [6.07, 6.45) is 0.568. The molecule has 0 fully saturated rings. The Bertz CT molecular complexity index is 587.